The molecule has 1 saturated heterocycles. The van der Waals surface area contributed by atoms with Gasteiger partial charge in [0.25, 0.3) is 0 Å². The molecule has 6 heteroatoms. The van der Waals surface area contributed by atoms with Gasteiger partial charge in [0.05, 0.1) is 12.7 Å². The van der Waals surface area contributed by atoms with E-state index >= 15 is 0 Å². The standard InChI is InChI=1S/C23H31N3O2.HI/c1-18-6-8-19(9-7-18)15-25-23(24-2)26-16-20-4-3-5-21(14-20)17-28-22-10-12-27-13-11-22;/h3-9,14,22H,10-13,15-17H2,1-2H3,(H2,24,25,26);1H. The molecule has 158 valence electrons. The van der Waals surface area contributed by atoms with Crippen molar-refractivity contribution in [2.75, 3.05) is 20.3 Å². The number of ether oxygens (including phenoxy) is 2. The Morgan fingerprint density at radius 3 is 2.34 bits per heavy atom. The molecule has 0 amide bonds. The van der Waals surface area contributed by atoms with Crippen LogP contribution in [0, 0.1) is 6.92 Å². The number of benzene rings is 2. The fourth-order valence-corrected chi connectivity index (χ4v) is 3.18. The van der Waals surface area contributed by atoms with Gasteiger partial charge >= 0.3 is 0 Å². The highest BCUT2D eigenvalue weighted by Crippen LogP contribution is 2.14. The number of hydrogen-bond donors (Lipinski definition) is 2. The van der Waals surface area contributed by atoms with Crippen LogP contribution in [0.4, 0.5) is 0 Å². The summed E-state index contributed by atoms with van der Waals surface area (Å²) in [7, 11) is 1.79. The zero-order chi connectivity index (χ0) is 19.6. The van der Waals surface area contributed by atoms with Gasteiger partial charge in [0, 0.05) is 33.4 Å². The average molecular weight is 509 g/mol. The second-order valence-corrected chi connectivity index (χ2v) is 7.21. The Morgan fingerprint density at radius 2 is 1.66 bits per heavy atom. The van der Waals surface area contributed by atoms with E-state index in [4.69, 9.17) is 9.47 Å². The lowest BCUT2D eigenvalue weighted by atomic mass is 10.1. The Kier molecular flexibility index (Phi) is 10.5. The topological polar surface area (TPSA) is 54.9 Å². The molecule has 2 N–H and O–H groups in total. The highest BCUT2D eigenvalue weighted by atomic mass is 127. The molecule has 29 heavy (non-hydrogen) atoms. The molecule has 0 bridgehead atoms. The maximum Gasteiger partial charge on any atom is 0.191 e. The molecular formula is C23H32IN3O2. The van der Waals surface area contributed by atoms with Crippen molar-refractivity contribution in [3.05, 3.63) is 70.8 Å². The average Bonchev–Trinajstić information content (AvgIpc) is 2.75. The molecule has 2 aromatic carbocycles. The normalized spacial score (nSPS) is 14.9. The molecule has 0 atom stereocenters. The lowest BCUT2D eigenvalue weighted by Gasteiger charge is -2.22. The zero-order valence-electron chi connectivity index (χ0n) is 17.3. The zero-order valence-corrected chi connectivity index (χ0v) is 19.6. The third-order valence-corrected chi connectivity index (χ3v) is 4.91. The molecule has 0 spiro atoms. The predicted octanol–water partition coefficient (Wildman–Crippen LogP) is 4.17. The molecular weight excluding hydrogens is 477 g/mol. The van der Waals surface area contributed by atoms with Crippen LogP contribution in [0.1, 0.15) is 35.1 Å². The Hall–Kier alpha value is -1.64. The maximum absolute atomic E-state index is 6.03. The van der Waals surface area contributed by atoms with Crippen molar-refractivity contribution in [1.29, 1.82) is 0 Å². The number of guanidine groups is 1. The Bertz CT molecular complexity index is 759. The van der Waals surface area contributed by atoms with Crippen LogP contribution in [0.15, 0.2) is 53.5 Å². The monoisotopic (exact) mass is 509 g/mol. The van der Waals surface area contributed by atoms with Crippen LogP contribution in [0.25, 0.3) is 0 Å². The number of aliphatic imine (C=N–C) groups is 1. The molecule has 2 aromatic rings. The summed E-state index contributed by atoms with van der Waals surface area (Å²) >= 11 is 0. The molecule has 0 saturated carbocycles. The molecule has 0 aliphatic carbocycles. The van der Waals surface area contributed by atoms with E-state index in [1.54, 1.807) is 7.05 Å². The van der Waals surface area contributed by atoms with E-state index in [1.165, 1.54) is 22.3 Å². The molecule has 0 aromatic heterocycles. The Balaban J connectivity index is 0.00000300. The third kappa shape index (κ3) is 8.32. The first-order chi connectivity index (χ1) is 13.7. The van der Waals surface area contributed by atoms with Gasteiger partial charge in [-0.3, -0.25) is 4.99 Å². The number of nitrogens with one attached hydrogen (secondary N) is 2. The summed E-state index contributed by atoms with van der Waals surface area (Å²) in [6.07, 6.45) is 2.30. The van der Waals surface area contributed by atoms with Gasteiger partial charge in [0.1, 0.15) is 0 Å². The van der Waals surface area contributed by atoms with Gasteiger partial charge in [-0.2, -0.15) is 0 Å². The minimum absolute atomic E-state index is 0. The van der Waals surface area contributed by atoms with Crippen LogP contribution in [0.3, 0.4) is 0 Å². The summed E-state index contributed by atoms with van der Waals surface area (Å²) in [5.41, 5.74) is 4.92. The number of aryl methyl sites for hydroxylation is 1. The van der Waals surface area contributed by atoms with Crippen molar-refractivity contribution in [1.82, 2.24) is 10.6 Å². The third-order valence-electron chi connectivity index (χ3n) is 4.91. The quantitative estimate of drug-likeness (QED) is 0.334. The SMILES string of the molecule is CN=C(NCc1ccc(C)cc1)NCc1cccc(COC2CCOCC2)c1.I. The van der Waals surface area contributed by atoms with E-state index in [-0.39, 0.29) is 24.0 Å². The highest BCUT2D eigenvalue weighted by Gasteiger charge is 2.14. The number of nitrogens with zero attached hydrogens (tertiary/aromatic N) is 1. The minimum atomic E-state index is 0. The summed E-state index contributed by atoms with van der Waals surface area (Å²) in [6, 6.07) is 17.0. The van der Waals surface area contributed by atoms with Gasteiger partial charge in [-0.25, -0.2) is 0 Å². The summed E-state index contributed by atoms with van der Waals surface area (Å²) in [4.78, 5) is 4.31. The summed E-state index contributed by atoms with van der Waals surface area (Å²) in [5.74, 6) is 0.796. The van der Waals surface area contributed by atoms with Crippen molar-refractivity contribution < 1.29 is 9.47 Å². The summed E-state index contributed by atoms with van der Waals surface area (Å²) in [5, 5.41) is 6.74. The van der Waals surface area contributed by atoms with Gasteiger partial charge in [-0.1, -0.05) is 54.1 Å². The first-order valence-electron chi connectivity index (χ1n) is 10.00. The molecule has 5 nitrogen and oxygen atoms in total. The predicted molar refractivity (Wildman–Crippen MR) is 129 cm³/mol. The van der Waals surface area contributed by atoms with Crippen molar-refractivity contribution in [3.63, 3.8) is 0 Å². The van der Waals surface area contributed by atoms with Gasteiger partial charge in [-0.15, -0.1) is 24.0 Å². The summed E-state index contributed by atoms with van der Waals surface area (Å²) < 4.78 is 11.4. The van der Waals surface area contributed by atoms with Crippen molar-refractivity contribution in [2.45, 2.75) is 45.6 Å². The molecule has 0 unspecified atom stereocenters. The van der Waals surface area contributed by atoms with E-state index in [9.17, 15) is 0 Å². The van der Waals surface area contributed by atoms with Crippen LogP contribution in [-0.4, -0.2) is 32.3 Å². The van der Waals surface area contributed by atoms with Crippen molar-refractivity contribution in [3.8, 4) is 0 Å². The summed E-state index contributed by atoms with van der Waals surface area (Å²) in [6.45, 7) is 5.84. The number of rotatable bonds is 7. The lowest BCUT2D eigenvalue weighted by molar-refractivity contribution is -0.0390. The Labute approximate surface area is 191 Å². The van der Waals surface area contributed by atoms with Crippen molar-refractivity contribution in [2.24, 2.45) is 4.99 Å². The van der Waals surface area contributed by atoms with Gasteiger partial charge < -0.3 is 20.1 Å². The second kappa shape index (κ2) is 12.8. The van der Waals surface area contributed by atoms with E-state index in [2.05, 4.69) is 71.1 Å². The first-order valence-corrected chi connectivity index (χ1v) is 10.00. The van der Waals surface area contributed by atoms with Crippen LogP contribution in [0.5, 0.6) is 0 Å². The van der Waals surface area contributed by atoms with Crippen molar-refractivity contribution >= 4 is 29.9 Å². The fraction of sp³-hybridized carbons (Fsp3) is 0.435. The first kappa shape index (κ1) is 23.6. The van der Waals surface area contributed by atoms with E-state index in [1.807, 2.05) is 0 Å². The van der Waals surface area contributed by atoms with Crippen LogP contribution in [-0.2, 0) is 29.2 Å². The molecule has 1 aliphatic rings. The molecule has 1 aliphatic heterocycles. The van der Waals surface area contributed by atoms with Crippen LogP contribution >= 0.6 is 24.0 Å². The lowest BCUT2D eigenvalue weighted by Crippen LogP contribution is -2.36. The molecule has 1 heterocycles. The smallest absolute Gasteiger partial charge is 0.191 e. The Morgan fingerprint density at radius 1 is 1.00 bits per heavy atom. The molecule has 3 rings (SSSR count). The minimum Gasteiger partial charge on any atom is -0.381 e. The van der Waals surface area contributed by atoms with Gasteiger partial charge in [0.2, 0.25) is 0 Å². The van der Waals surface area contributed by atoms with Gasteiger partial charge in [-0.05, 0) is 36.5 Å². The largest absolute Gasteiger partial charge is 0.381 e. The maximum atomic E-state index is 6.03. The highest BCUT2D eigenvalue weighted by molar-refractivity contribution is 14.0. The van der Waals surface area contributed by atoms with Crippen LogP contribution < -0.4 is 10.6 Å². The van der Waals surface area contributed by atoms with Gasteiger partial charge in [0.15, 0.2) is 5.96 Å². The van der Waals surface area contributed by atoms with E-state index in [0.29, 0.717) is 12.7 Å². The van der Waals surface area contributed by atoms with Crippen LogP contribution in [0.2, 0.25) is 0 Å². The molecule has 1 fully saturated rings. The molecule has 0 radical (unpaired) electrons. The van der Waals surface area contributed by atoms with E-state index < -0.39 is 0 Å². The fourth-order valence-electron chi connectivity index (χ4n) is 3.18. The number of halogens is 1. The number of hydrogen-bond acceptors (Lipinski definition) is 3. The van der Waals surface area contributed by atoms with E-state index in [0.717, 1.165) is 45.1 Å². The second-order valence-electron chi connectivity index (χ2n) is 7.21.